The average Bonchev–Trinajstić information content (AvgIpc) is 3.17. The van der Waals surface area contributed by atoms with Gasteiger partial charge in [0.15, 0.2) is 0 Å². The monoisotopic (exact) mass is 361 g/mol. The van der Waals surface area contributed by atoms with E-state index in [9.17, 15) is 13.2 Å². The molecule has 0 aliphatic carbocycles. The van der Waals surface area contributed by atoms with Gasteiger partial charge >= 0.3 is 0 Å². The van der Waals surface area contributed by atoms with Crippen LogP contribution in [0.1, 0.15) is 25.2 Å². The number of nitrogens with one attached hydrogen (secondary N) is 2. The maximum atomic E-state index is 12.5. The fraction of sp³-hybridized carbons (Fsp3) is 0.294. The van der Waals surface area contributed by atoms with Crippen molar-refractivity contribution in [2.45, 2.75) is 31.3 Å². The second-order valence-electron chi connectivity index (χ2n) is 6.07. The van der Waals surface area contributed by atoms with Gasteiger partial charge < -0.3 is 9.73 Å². The molecular weight excluding hydrogens is 342 g/mol. The molecule has 0 fully saturated rings. The molecule has 0 spiro atoms. The first-order chi connectivity index (χ1) is 11.9. The van der Waals surface area contributed by atoms with Crippen LogP contribution in [0, 0.1) is 5.92 Å². The number of carbonyl (C=O) groups excluding carboxylic acids is 1. The lowest BCUT2D eigenvalue weighted by Gasteiger charge is -2.17. The molecule has 2 aromatic rings. The highest BCUT2D eigenvalue weighted by molar-refractivity contribution is 7.90. The summed E-state index contributed by atoms with van der Waals surface area (Å²) in [6.07, 6.45) is 1.53. The van der Waals surface area contributed by atoms with E-state index in [1.54, 1.807) is 30.3 Å². The number of amidine groups is 1. The number of sulfonamides is 1. The van der Waals surface area contributed by atoms with Crippen LogP contribution in [-0.4, -0.2) is 26.2 Å². The van der Waals surface area contributed by atoms with Crippen LogP contribution in [0.5, 0.6) is 0 Å². The molecule has 25 heavy (non-hydrogen) atoms. The number of benzene rings is 1. The molecule has 1 aliphatic rings. The molecule has 2 heterocycles. The number of rotatable bonds is 5. The van der Waals surface area contributed by atoms with Gasteiger partial charge in [0.1, 0.15) is 17.6 Å². The van der Waals surface area contributed by atoms with Crippen molar-refractivity contribution >= 4 is 21.8 Å². The highest BCUT2D eigenvalue weighted by atomic mass is 32.2. The van der Waals surface area contributed by atoms with Crippen molar-refractivity contribution in [1.82, 2.24) is 10.0 Å². The average molecular weight is 361 g/mol. The van der Waals surface area contributed by atoms with E-state index in [-0.39, 0.29) is 29.1 Å². The molecule has 1 aliphatic heterocycles. The Labute approximate surface area is 146 Å². The Balaban J connectivity index is 1.84. The van der Waals surface area contributed by atoms with Crippen LogP contribution in [0.25, 0.3) is 0 Å². The predicted molar refractivity (Wildman–Crippen MR) is 92.5 cm³/mol. The van der Waals surface area contributed by atoms with Crippen molar-refractivity contribution in [2.24, 2.45) is 10.9 Å². The summed E-state index contributed by atoms with van der Waals surface area (Å²) >= 11 is 0. The van der Waals surface area contributed by atoms with E-state index in [1.165, 1.54) is 12.3 Å². The maximum Gasteiger partial charge on any atom is 0.263 e. The molecule has 0 saturated heterocycles. The van der Waals surface area contributed by atoms with Gasteiger partial charge in [-0.05, 0) is 30.2 Å². The second-order valence-corrected chi connectivity index (χ2v) is 7.72. The first-order valence-electron chi connectivity index (χ1n) is 7.88. The molecule has 0 unspecified atom stereocenters. The van der Waals surface area contributed by atoms with Gasteiger partial charge in [-0.25, -0.2) is 8.42 Å². The van der Waals surface area contributed by atoms with Crippen molar-refractivity contribution in [3.8, 4) is 0 Å². The standard InChI is InChI=1S/C17H19N3O4S/c1-11(2)15(17(21)18-10-12-6-5-9-24-12)19-16-13-7-3-4-8-14(13)25(22,23)20-16/h3-9,11,15H,10H2,1-2H3,(H,18,21)(H,19,20)/t15-/m0/s1. The number of nitrogens with zero attached hydrogens (tertiary/aromatic N) is 1. The highest BCUT2D eigenvalue weighted by Crippen LogP contribution is 2.23. The van der Waals surface area contributed by atoms with E-state index in [4.69, 9.17) is 4.42 Å². The van der Waals surface area contributed by atoms with Crippen LogP contribution in [0.3, 0.4) is 0 Å². The fourth-order valence-corrected chi connectivity index (χ4v) is 3.81. The van der Waals surface area contributed by atoms with Gasteiger partial charge in [-0.2, -0.15) is 0 Å². The molecule has 1 aromatic heterocycles. The smallest absolute Gasteiger partial charge is 0.263 e. The zero-order chi connectivity index (χ0) is 18.0. The Hall–Kier alpha value is -2.61. The van der Waals surface area contributed by atoms with E-state index >= 15 is 0 Å². The van der Waals surface area contributed by atoms with Crippen LogP contribution in [0.15, 0.2) is 57.0 Å². The third-order valence-corrected chi connectivity index (χ3v) is 5.25. The summed E-state index contributed by atoms with van der Waals surface area (Å²) in [6, 6.07) is 9.35. The predicted octanol–water partition coefficient (Wildman–Crippen LogP) is 1.66. The van der Waals surface area contributed by atoms with Gasteiger partial charge in [0.2, 0.25) is 5.91 Å². The second kappa shape index (κ2) is 6.72. The van der Waals surface area contributed by atoms with Crippen LogP contribution in [0.2, 0.25) is 0 Å². The number of aliphatic imine (C=N–C) groups is 1. The normalized spacial score (nSPS) is 18.0. The lowest BCUT2D eigenvalue weighted by Crippen LogP contribution is -2.38. The number of hydrogen-bond acceptors (Lipinski definition) is 5. The number of carbonyl (C=O) groups is 1. The summed E-state index contributed by atoms with van der Waals surface area (Å²) in [4.78, 5) is 17.1. The SMILES string of the molecule is CC(C)[C@H](N=C1NS(=O)(=O)c2ccccc21)C(=O)NCc1ccco1. The van der Waals surface area contributed by atoms with Crippen molar-refractivity contribution in [3.05, 3.63) is 54.0 Å². The van der Waals surface area contributed by atoms with Gasteiger partial charge in [0.05, 0.1) is 17.7 Å². The van der Waals surface area contributed by atoms with Gasteiger partial charge in [-0.3, -0.25) is 14.5 Å². The van der Waals surface area contributed by atoms with Crippen LogP contribution < -0.4 is 10.0 Å². The fourth-order valence-electron chi connectivity index (χ4n) is 2.57. The van der Waals surface area contributed by atoms with E-state index in [0.717, 1.165) is 0 Å². The Morgan fingerprint density at radius 3 is 2.68 bits per heavy atom. The van der Waals surface area contributed by atoms with Crippen LogP contribution in [-0.2, 0) is 21.4 Å². The zero-order valence-electron chi connectivity index (χ0n) is 13.9. The molecule has 7 nitrogen and oxygen atoms in total. The highest BCUT2D eigenvalue weighted by Gasteiger charge is 2.32. The number of fused-ring (bicyclic) bond motifs is 1. The van der Waals surface area contributed by atoms with E-state index in [0.29, 0.717) is 11.3 Å². The van der Waals surface area contributed by atoms with Crippen LogP contribution in [0.4, 0.5) is 0 Å². The largest absolute Gasteiger partial charge is 0.467 e. The summed E-state index contributed by atoms with van der Waals surface area (Å²) in [5.41, 5.74) is 0.479. The van der Waals surface area contributed by atoms with Crippen molar-refractivity contribution in [3.63, 3.8) is 0 Å². The lowest BCUT2D eigenvalue weighted by molar-refractivity contribution is -0.123. The maximum absolute atomic E-state index is 12.5. The van der Waals surface area contributed by atoms with Gasteiger partial charge in [0, 0.05) is 5.56 Å². The molecule has 0 bridgehead atoms. The molecule has 3 rings (SSSR count). The topological polar surface area (TPSA) is 101 Å². The first kappa shape index (κ1) is 17.2. The third-order valence-electron chi connectivity index (χ3n) is 3.85. The zero-order valence-corrected chi connectivity index (χ0v) is 14.7. The van der Waals surface area contributed by atoms with Crippen molar-refractivity contribution in [2.75, 3.05) is 0 Å². The van der Waals surface area contributed by atoms with Crippen molar-refractivity contribution in [1.29, 1.82) is 0 Å². The quantitative estimate of drug-likeness (QED) is 0.846. The van der Waals surface area contributed by atoms with E-state index in [2.05, 4.69) is 15.0 Å². The van der Waals surface area contributed by atoms with Gasteiger partial charge in [-0.1, -0.05) is 26.0 Å². The Morgan fingerprint density at radius 1 is 1.24 bits per heavy atom. The number of hydrogen-bond donors (Lipinski definition) is 2. The Kier molecular flexibility index (Phi) is 4.63. The Bertz CT molecular complexity index is 902. The molecule has 2 N–H and O–H groups in total. The van der Waals surface area contributed by atoms with E-state index < -0.39 is 16.1 Å². The van der Waals surface area contributed by atoms with E-state index in [1.807, 2.05) is 13.8 Å². The molecule has 0 radical (unpaired) electrons. The van der Waals surface area contributed by atoms with Crippen molar-refractivity contribution < 1.29 is 17.6 Å². The number of amides is 1. The minimum absolute atomic E-state index is 0.110. The summed E-state index contributed by atoms with van der Waals surface area (Å²) in [6.45, 7) is 3.97. The lowest BCUT2D eigenvalue weighted by atomic mass is 10.0. The molecule has 1 aromatic carbocycles. The molecule has 1 amide bonds. The summed E-state index contributed by atoms with van der Waals surface area (Å²) in [5.74, 6) is 0.432. The summed E-state index contributed by atoms with van der Waals surface area (Å²) < 4.78 is 31.9. The Morgan fingerprint density at radius 2 is 2.00 bits per heavy atom. The number of furan rings is 1. The third kappa shape index (κ3) is 3.58. The molecule has 0 saturated carbocycles. The minimum Gasteiger partial charge on any atom is -0.467 e. The molecule has 8 heteroatoms. The molecule has 132 valence electrons. The van der Waals surface area contributed by atoms with Gasteiger partial charge in [0.25, 0.3) is 10.0 Å². The summed E-state index contributed by atoms with van der Waals surface area (Å²) in [7, 11) is -3.63. The molecular formula is C17H19N3O4S. The van der Waals surface area contributed by atoms with Crippen LogP contribution >= 0.6 is 0 Å². The minimum atomic E-state index is -3.63. The molecule has 1 atom stereocenters. The van der Waals surface area contributed by atoms with Gasteiger partial charge in [-0.15, -0.1) is 0 Å². The first-order valence-corrected chi connectivity index (χ1v) is 9.37. The summed E-state index contributed by atoms with van der Waals surface area (Å²) in [5, 5.41) is 2.77.